The molecule has 0 aliphatic carbocycles. The van der Waals surface area contributed by atoms with Crippen molar-refractivity contribution in [3.05, 3.63) is 64.2 Å². The molecule has 2 saturated heterocycles. The smallest absolute Gasteiger partial charge is 0.422 e. The van der Waals surface area contributed by atoms with Crippen molar-refractivity contribution < 1.29 is 47.8 Å². The molecule has 2 bridgehead atoms. The largest absolute Gasteiger partial charge is 0.484 e. The van der Waals surface area contributed by atoms with Crippen molar-refractivity contribution in [3.63, 3.8) is 0 Å². The first kappa shape index (κ1) is 24.2. The Morgan fingerprint density at radius 3 is 2.39 bits per heavy atom. The summed E-state index contributed by atoms with van der Waals surface area (Å²) in [4.78, 5) is 0. The molecule has 4 rings (SSSR count). The number of aliphatic hydroxyl groups is 4. The fourth-order valence-corrected chi connectivity index (χ4v) is 4.27. The highest BCUT2D eigenvalue weighted by molar-refractivity contribution is 6.31. The SMILES string of the molecule is OC[C@]12COC(c3ccc(Cl)c(Cc4ccc(OCC(F)(F)F)cc4)c3)(O1)[C@H](O)[C@@H](O)[C@@H]2O. The molecule has 11 heteroatoms. The molecule has 2 aliphatic rings. The Morgan fingerprint density at radius 1 is 1.06 bits per heavy atom. The summed E-state index contributed by atoms with van der Waals surface area (Å²) in [5.41, 5.74) is 0.0448. The number of ether oxygens (including phenoxy) is 3. The van der Waals surface area contributed by atoms with Crippen LogP contribution in [0.25, 0.3) is 0 Å². The quantitative estimate of drug-likeness (QED) is 0.490. The first-order valence-electron chi connectivity index (χ1n) is 10.1. The zero-order valence-corrected chi connectivity index (χ0v) is 17.9. The van der Waals surface area contributed by atoms with Gasteiger partial charge in [-0.1, -0.05) is 29.8 Å². The summed E-state index contributed by atoms with van der Waals surface area (Å²) in [5.74, 6) is -1.75. The number of aliphatic hydroxyl groups excluding tert-OH is 4. The minimum Gasteiger partial charge on any atom is -0.484 e. The van der Waals surface area contributed by atoms with E-state index in [0.29, 0.717) is 16.1 Å². The second kappa shape index (κ2) is 8.70. The van der Waals surface area contributed by atoms with Gasteiger partial charge in [0, 0.05) is 10.6 Å². The van der Waals surface area contributed by atoms with Gasteiger partial charge in [0.15, 0.2) is 6.61 Å². The number of hydrogen-bond acceptors (Lipinski definition) is 7. The minimum absolute atomic E-state index is 0.0702. The van der Waals surface area contributed by atoms with Gasteiger partial charge in [-0.05, 0) is 41.8 Å². The Hall–Kier alpha value is -1.92. The second-order valence-electron chi connectivity index (χ2n) is 8.19. The van der Waals surface area contributed by atoms with Gasteiger partial charge < -0.3 is 34.6 Å². The Labute approximate surface area is 191 Å². The van der Waals surface area contributed by atoms with Crippen molar-refractivity contribution >= 4 is 11.6 Å². The second-order valence-corrected chi connectivity index (χ2v) is 8.60. The molecular weight excluding hydrogens is 469 g/mol. The molecule has 7 nitrogen and oxygen atoms in total. The lowest BCUT2D eigenvalue weighted by atomic mass is 9.83. The summed E-state index contributed by atoms with van der Waals surface area (Å²) < 4.78 is 53.2. The number of rotatable bonds is 6. The highest BCUT2D eigenvalue weighted by atomic mass is 35.5. The van der Waals surface area contributed by atoms with E-state index in [9.17, 15) is 33.6 Å². The van der Waals surface area contributed by atoms with E-state index in [1.54, 1.807) is 30.3 Å². The van der Waals surface area contributed by atoms with Gasteiger partial charge in [0.05, 0.1) is 13.2 Å². The average molecular weight is 491 g/mol. The Kier molecular flexibility index (Phi) is 6.38. The van der Waals surface area contributed by atoms with Crippen molar-refractivity contribution in [2.45, 2.75) is 42.3 Å². The number of halogens is 4. The molecule has 33 heavy (non-hydrogen) atoms. The van der Waals surface area contributed by atoms with Crippen LogP contribution in [0.15, 0.2) is 42.5 Å². The van der Waals surface area contributed by atoms with Crippen LogP contribution in [0.1, 0.15) is 16.7 Å². The Morgan fingerprint density at radius 2 is 1.76 bits per heavy atom. The van der Waals surface area contributed by atoms with Gasteiger partial charge in [-0.2, -0.15) is 13.2 Å². The van der Waals surface area contributed by atoms with Gasteiger partial charge in [0.25, 0.3) is 0 Å². The van der Waals surface area contributed by atoms with Crippen LogP contribution < -0.4 is 4.74 Å². The fourth-order valence-electron chi connectivity index (χ4n) is 4.09. The maximum atomic E-state index is 12.3. The molecule has 1 unspecified atom stereocenters. The molecule has 0 aromatic heterocycles. The predicted octanol–water partition coefficient (Wildman–Crippen LogP) is 1.90. The molecule has 2 fully saturated rings. The normalized spacial score (nSPS) is 31.6. The molecular formula is C22H22ClF3O7. The zero-order chi connectivity index (χ0) is 24.0. The van der Waals surface area contributed by atoms with Gasteiger partial charge in [-0.3, -0.25) is 0 Å². The van der Waals surface area contributed by atoms with Crippen molar-refractivity contribution in [1.82, 2.24) is 0 Å². The van der Waals surface area contributed by atoms with Crippen LogP contribution in [-0.4, -0.2) is 70.3 Å². The molecule has 2 aliphatic heterocycles. The molecule has 5 atom stereocenters. The van der Waals surface area contributed by atoms with Gasteiger partial charge in [-0.15, -0.1) is 0 Å². The average Bonchev–Trinajstić information content (AvgIpc) is 3.17. The van der Waals surface area contributed by atoms with Gasteiger partial charge in [0.1, 0.15) is 29.7 Å². The summed E-state index contributed by atoms with van der Waals surface area (Å²) >= 11 is 6.33. The lowest BCUT2D eigenvalue weighted by molar-refractivity contribution is -0.329. The maximum absolute atomic E-state index is 12.3. The molecule has 0 amide bonds. The number of hydrogen-bond donors (Lipinski definition) is 4. The summed E-state index contributed by atoms with van der Waals surface area (Å²) in [5, 5.41) is 41.4. The van der Waals surface area contributed by atoms with E-state index in [4.69, 9.17) is 25.8 Å². The van der Waals surface area contributed by atoms with Crippen molar-refractivity contribution in [2.24, 2.45) is 0 Å². The van der Waals surface area contributed by atoms with Crippen LogP contribution in [0.2, 0.25) is 5.02 Å². The van der Waals surface area contributed by atoms with Crippen molar-refractivity contribution in [2.75, 3.05) is 19.8 Å². The van der Waals surface area contributed by atoms with E-state index in [2.05, 4.69) is 0 Å². The Bertz CT molecular complexity index is 1000. The highest BCUT2D eigenvalue weighted by Gasteiger charge is 2.67. The monoisotopic (exact) mass is 490 g/mol. The third kappa shape index (κ3) is 4.44. The lowest BCUT2D eigenvalue weighted by Crippen LogP contribution is -2.65. The van der Waals surface area contributed by atoms with E-state index in [1.807, 2.05) is 0 Å². The maximum Gasteiger partial charge on any atom is 0.422 e. The van der Waals surface area contributed by atoms with E-state index < -0.39 is 49.1 Å². The summed E-state index contributed by atoms with van der Waals surface area (Å²) in [7, 11) is 0. The zero-order valence-electron chi connectivity index (χ0n) is 17.1. The summed E-state index contributed by atoms with van der Waals surface area (Å²) in [6.45, 7) is -2.28. The van der Waals surface area contributed by atoms with Crippen LogP contribution in [0.3, 0.4) is 0 Å². The molecule has 180 valence electrons. The first-order chi connectivity index (χ1) is 15.5. The standard InChI is InChI=1S/C22H22ClF3O7/c23-16-6-3-14(22-19(30)17(28)18(29)20(9-27,33-22)10-32-22)8-13(16)7-12-1-4-15(5-2-12)31-11-21(24,25)26/h1-6,8,17-19,27-30H,7,9-11H2/t17-,18-,19+,20+,22?/m0/s1. The van der Waals surface area contributed by atoms with E-state index in [0.717, 1.165) is 5.56 Å². The van der Waals surface area contributed by atoms with Crippen molar-refractivity contribution in [1.29, 1.82) is 0 Å². The topological polar surface area (TPSA) is 109 Å². The first-order valence-corrected chi connectivity index (χ1v) is 10.4. The molecule has 2 heterocycles. The van der Waals surface area contributed by atoms with Crippen molar-refractivity contribution in [3.8, 4) is 5.75 Å². The number of alkyl halides is 3. The number of fused-ring (bicyclic) bond motifs is 2. The van der Waals surface area contributed by atoms with Gasteiger partial charge in [-0.25, -0.2) is 0 Å². The lowest BCUT2D eigenvalue weighted by Gasteiger charge is -2.46. The third-order valence-corrected chi connectivity index (χ3v) is 6.27. The van der Waals surface area contributed by atoms with Crippen LogP contribution >= 0.6 is 11.6 Å². The summed E-state index contributed by atoms with van der Waals surface area (Å²) in [6.07, 6.45) is -8.98. The predicted molar refractivity (Wildman–Crippen MR) is 109 cm³/mol. The molecule has 4 N–H and O–H groups in total. The van der Waals surface area contributed by atoms with Gasteiger partial charge in [0.2, 0.25) is 5.79 Å². The van der Waals surface area contributed by atoms with Crippen LogP contribution in [-0.2, 0) is 21.7 Å². The molecule has 2 aromatic carbocycles. The number of benzene rings is 2. The molecule has 0 saturated carbocycles. The molecule has 2 aromatic rings. The van der Waals surface area contributed by atoms with Crippen LogP contribution in [0.4, 0.5) is 13.2 Å². The van der Waals surface area contributed by atoms with Crippen LogP contribution in [0.5, 0.6) is 5.75 Å². The Balaban J connectivity index is 1.58. The molecule has 0 spiro atoms. The summed E-state index contributed by atoms with van der Waals surface area (Å²) in [6, 6.07) is 10.7. The van der Waals surface area contributed by atoms with Gasteiger partial charge >= 0.3 is 6.18 Å². The van der Waals surface area contributed by atoms with E-state index in [1.165, 1.54) is 12.1 Å². The molecule has 0 radical (unpaired) electrons. The van der Waals surface area contributed by atoms with Crippen LogP contribution in [0, 0.1) is 0 Å². The third-order valence-electron chi connectivity index (χ3n) is 5.90. The highest BCUT2D eigenvalue weighted by Crippen LogP contribution is 2.49. The van der Waals surface area contributed by atoms with E-state index in [-0.39, 0.29) is 18.8 Å². The fraction of sp³-hybridized carbons (Fsp3) is 0.455. The van der Waals surface area contributed by atoms with E-state index >= 15 is 0 Å². The minimum atomic E-state index is -4.43.